The van der Waals surface area contributed by atoms with Crippen LogP contribution >= 0.6 is 0 Å². The molecule has 3 N–H and O–H groups in total. The van der Waals surface area contributed by atoms with Crippen LogP contribution in [-0.2, 0) is 29.1 Å². The first-order valence-corrected chi connectivity index (χ1v) is 13.5. The summed E-state index contributed by atoms with van der Waals surface area (Å²) in [5.74, 6) is -0.0257. The van der Waals surface area contributed by atoms with Gasteiger partial charge in [-0.3, -0.25) is 5.43 Å². The normalized spacial score (nSPS) is 16.3. The van der Waals surface area contributed by atoms with Crippen LogP contribution in [0.15, 0.2) is 41.3 Å². The predicted octanol–water partition coefficient (Wildman–Crippen LogP) is 3.99. The SMILES string of the molecule is CCCCCCN(NCCc1cccc(S(C)(=O)=O)c1)C1CCc2c(ccc(O)c2O)C1. The zero-order chi connectivity index (χ0) is 23.1. The van der Waals surface area contributed by atoms with E-state index in [0.29, 0.717) is 10.9 Å². The van der Waals surface area contributed by atoms with Crippen molar-refractivity contribution in [2.45, 2.75) is 69.2 Å². The van der Waals surface area contributed by atoms with Crippen LogP contribution in [0.2, 0.25) is 0 Å². The lowest BCUT2D eigenvalue weighted by Gasteiger charge is -2.36. The summed E-state index contributed by atoms with van der Waals surface area (Å²) in [6.07, 6.45) is 9.20. The third-order valence-electron chi connectivity index (χ3n) is 6.29. The van der Waals surface area contributed by atoms with Crippen LogP contribution in [0.1, 0.15) is 55.7 Å². The average Bonchev–Trinajstić information content (AvgIpc) is 2.77. The molecule has 2 aromatic rings. The van der Waals surface area contributed by atoms with E-state index in [-0.39, 0.29) is 11.5 Å². The zero-order valence-corrected chi connectivity index (χ0v) is 20.0. The monoisotopic (exact) mass is 460 g/mol. The fourth-order valence-corrected chi connectivity index (χ4v) is 5.14. The van der Waals surface area contributed by atoms with Crippen LogP contribution in [0.25, 0.3) is 0 Å². The number of hydrogen-bond acceptors (Lipinski definition) is 6. The second-order valence-electron chi connectivity index (χ2n) is 8.80. The molecule has 1 unspecified atom stereocenters. The third-order valence-corrected chi connectivity index (χ3v) is 7.40. The van der Waals surface area contributed by atoms with Crippen molar-refractivity contribution in [3.05, 3.63) is 53.1 Å². The Hall–Kier alpha value is -2.09. The Morgan fingerprint density at radius 1 is 1.12 bits per heavy atom. The van der Waals surface area contributed by atoms with Crippen LogP contribution in [0.3, 0.4) is 0 Å². The van der Waals surface area contributed by atoms with Crippen molar-refractivity contribution in [1.29, 1.82) is 0 Å². The van der Waals surface area contributed by atoms with Crippen LogP contribution in [-0.4, -0.2) is 49.0 Å². The largest absolute Gasteiger partial charge is 0.504 e. The molecule has 176 valence electrons. The second kappa shape index (κ2) is 11.2. The molecule has 1 atom stereocenters. The smallest absolute Gasteiger partial charge is 0.175 e. The van der Waals surface area contributed by atoms with Gasteiger partial charge in [0.15, 0.2) is 21.3 Å². The third kappa shape index (κ3) is 6.47. The molecule has 0 bridgehead atoms. The molecule has 0 radical (unpaired) electrons. The van der Waals surface area contributed by atoms with Gasteiger partial charge in [0.25, 0.3) is 0 Å². The van der Waals surface area contributed by atoms with E-state index < -0.39 is 9.84 Å². The summed E-state index contributed by atoms with van der Waals surface area (Å²) < 4.78 is 23.7. The minimum absolute atomic E-state index is 0.0224. The molecule has 1 aliphatic carbocycles. The molecule has 2 aromatic carbocycles. The lowest BCUT2D eigenvalue weighted by molar-refractivity contribution is 0.109. The topological polar surface area (TPSA) is 89.9 Å². The number of unbranched alkanes of at least 4 members (excludes halogenated alkanes) is 3. The molecule has 0 heterocycles. The van der Waals surface area contributed by atoms with E-state index >= 15 is 0 Å². The Balaban J connectivity index is 1.65. The number of aromatic hydroxyl groups is 2. The Morgan fingerprint density at radius 2 is 1.94 bits per heavy atom. The number of rotatable bonds is 11. The molecule has 0 aromatic heterocycles. The Labute approximate surface area is 192 Å². The molecule has 7 heteroatoms. The van der Waals surface area contributed by atoms with Gasteiger partial charge in [-0.05, 0) is 61.4 Å². The van der Waals surface area contributed by atoms with E-state index in [9.17, 15) is 18.6 Å². The fourth-order valence-electron chi connectivity index (χ4n) is 4.44. The average molecular weight is 461 g/mol. The number of nitrogens with one attached hydrogen (secondary N) is 1. The van der Waals surface area contributed by atoms with Crippen molar-refractivity contribution in [1.82, 2.24) is 10.4 Å². The molecular formula is C25H36N2O4S. The van der Waals surface area contributed by atoms with Gasteiger partial charge < -0.3 is 10.2 Å². The highest BCUT2D eigenvalue weighted by Gasteiger charge is 2.26. The number of fused-ring (bicyclic) bond motifs is 1. The molecule has 1 aliphatic rings. The Kier molecular flexibility index (Phi) is 8.57. The Morgan fingerprint density at radius 3 is 2.69 bits per heavy atom. The van der Waals surface area contributed by atoms with Gasteiger partial charge in [-0.25, -0.2) is 13.4 Å². The minimum atomic E-state index is -3.21. The van der Waals surface area contributed by atoms with Gasteiger partial charge in [-0.15, -0.1) is 0 Å². The molecule has 3 rings (SSSR count). The first kappa shape index (κ1) is 24.6. The fraction of sp³-hybridized carbons (Fsp3) is 0.520. The number of phenols is 2. The maximum absolute atomic E-state index is 11.8. The maximum Gasteiger partial charge on any atom is 0.175 e. The summed E-state index contributed by atoms with van der Waals surface area (Å²) in [7, 11) is -3.21. The van der Waals surface area contributed by atoms with Crippen molar-refractivity contribution in [3.8, 4) is 11.5 Å². The first-order chi connectivity index (χ1) is 15.3. The number of phenolic OH excluding ortho intramolecular Hbond substituents is 2. The van der Waals surface area contributed by atoms with E-state index in [4.69, 9.17) is 0 Å². The predicted molar refractivity (Wildman–Crippen MR) is 128 cm³/mol. The van der Waals surface area contributed by atoms with E-state index in [1.54, 1.807) is 24.3 Å². The van der Waals surface area contributed by atoms with Gasteiger partial charge in [0.1, 0.15) is 0 Å². The van der Waals surface area contributed by atoms with E-state index in [0.717, 1.165) is 61.9 Å². The second-order valence-corrected chi connectivity index (χ2v) is 10.8. The van der Waals surface area contributed by atoms with Gasteiger partial charge in [0, 0.05) is 31.0 Å². The van der Waals surface area contributed by atoms with E-state index in [1.165, 1.54) is 25.5 Å². The lowest BCUT2D eigenvalue weighted by atomic mass is 9.87. The molecular weight excluding hydrogens is 424 g/mol. The molecule has 0 fully saturated rings. The number of benzene rings is 2. The molecule has 0 saturated carbocycles. The number of hydrazine groups is 1. The molecule has 0 aliphatic heterocycles. The molecule has 0 spiro atoms. The Bertz CT molecular complexity index is 1010. The summed E-state index contributed by atoms with van der Waals surface area (Å²) in [5.41, 5.74) is 6.56. The highest BCUT2D eigenvalue weighted by molar-refractivity contribution is 7.90. The molecule has 0 saturated heterocycles. The number of hydrogen-bond donors (Lipinski definition) is 3. The number of sulfone groups is 1. The van der Waals surface area contributed by atoms with Crippen molar-refractivity contribution >= 4 is 9.84 Å². The van der Waals surface area contributed by atoms with Crippen molar-refractivity contribution in [3.63, 3.8) is 0 Å². The van der Waals surface area contributed by atoms with Crippen molar-refractivity contribution < 1.29 is 18.6 Å². The molecule has 6 nitrogen and oxygen atoms in total. The van der Waals surface area contributed by atoms with Crippen molar-refractivity contribution in [2.75, 3.05) is 19.3 Å². The maximum atomic E-state index is 11.8. The first-order valence-electron chi connectivity index (χ1n) is 11.6. The van der Waals surface area contributed by atoms with Gasteiger partial charge in [-0.1, -0.05) is 44.4 Å². The summed E-state index contributed by atoms with van der Waals surface area (Å²) in [6, 6.07) is 11.0. The van der Waals surface area contributed by atoms with Crippen LogP contribution < -0.4 is 5.43 Å². The van der Waals surface area contributed by atoms with Gasteiger partial charge >= 0.3 is 0 Å². The van der Waals surface area contributed by atoms with Gasteiger partial charge in [-0.2, -0.15) is 0 Å². The van der Waals surface area contributed by atoms with E-state index in [2.05, 4.69) is 17.4 Å². The lowest BCUT2D eigenvalue weighted by Crippen LogP contribution is -2.49. The minimum Gasteiger partial charge on any atom is -0.504 e. The van der Waals surface area contributed by atoms with Crippen LogP contribution in [0.4, 0.5) is 0 Å². The van der Waals surface area contributed by atoms with Crippen molar-refractivity contribution in [2.24, 2.45) is 0 Å². The molecule has 32 heavy (non-hydrogen) atoms. The van der Waals surface area contributed by atoms with Gasteiger partial charge in [0.05, 0.1) is 4.90 Å². The quantitative estimate of drug-likeness (QED) is 0.267. The van der Waals surface area contributed by atoms with Gasteiger partial charge in [0.2, 0.25) is 0 Å². The zero-order valence-electron chi connectivity index (χ0n) is 19.2. The summed E-state index contributed by atoms with van der Waals surface area (Å²) in [4.78, 5) is 0.360. The van der Waals surface area contributed by atoms with Crippen LogP contribution in [0, 0.1) is 0 Å². The van der Waals surface area contributed by atoms with Crippen LogP contribution in [0.5, 0.6) is 11.5 Å². The van der Waals surface area contributed by atoms with E-state index in [1.807, 2.05) is 12.1 Å². The highest BCUT2D eigenvalue weighted by atomic mass is 32.2. The summed E-state index contributed by atoms with van der Waals surface area (Å²) in [5, 5.41) is 22.3. The summed E-state index contributed by atoms with van der Waals surface area (Å²) in [6.45, 7) is 3.89. The highest BCUT2D eigenvalue weighted by Crippen LogP contribution is 2.36. The standard InChI is InChI=1S/C25H36N2O4S/c1-3-4-5-6-16-27(21-11-12-23-20(18-21)10-13-24(28)25(23)29)26-15-14-19-8-7-9-22(17-19)32(2,30)31/h7-10,13,17,21,26,28-29H,3-6,11-12,14-16,18H2,1-2H3. The summed E-state index contributed by atoms with van der Waals surface area (Å²) >= 11 is 0. The molecule has 0 amide bonds. The number of nitrogens with zero attached hydrogens (tertiary/aromatic N) is 1.